The van der Waals surface area contributed by atoms with Crippen LogP contribution in [-0.2, 0) is 27.4 Å². The number of amides is 2. The number of hydrogen-bond donors (Lipinski definition) is 2. The van der Waals surface area contributed by atoms with Crippen molar-refractivity contribution >= 4 is 29.3 Å². The smallest absolute Gasteiger partial charge is 0.410 e. The number of aromatic nitrogens is 1. The SMILES string of the molecule is O=C1Nc2ccc(CN3CCOC3=O)cc2/C1=C/c1c[nH]c(CN2CCOCC2)c1. The molecule has 0 spiro atoms. The number of ether oxygens (including phenoxy) is 2. The Morgan fingerprint density at radius 1 is 1.03 bits per heavy atom. The third kappa shape index (κ3) is 3.83. The Morgan fingerprint density at radius 2 is 1.90 bits per heavy atom. The summed E-state index contributed by atoms with van der Waals surface area (Å²) in [6.07, 6.45) is 3.55. The van der Waals surface area contributed by atoms with Crippen LogP contribution in [0.25, 0.3) is 11.6 Å². The lowest BCUT2D eigenvalue weighted by atomic mass is 10.0. The summed E-state index contributed by atoms with van der Waals surface area (Å²) in [5.74, 6) is -0.112. The maximum absolute atomic E-state index is 12.6. The topological polar surface area (TPSA) is 86.9 Å². The third-order valence-corrected chi connectivity index (χ3v) is 5.66. The predicted molar refractivity (Wildman–Crippen MR) is 112 cm³/mol. The lowest BCUT2D eigenvalue weighted by Crippen LogP contribution is -2.35. The van der Waals surface area contributed by atoms with E-state index in [0.29, 0.717) is 25.3 Å². The van der Waals surface area contributed by atoms with Gasteiger partial charge in [-0.2, -0.15) is 0 Å². The average Bonchev–Trinajstić information content (AvgIpc) is 3.44. The van der Waals surface area contributed by atoms with E-state index >= 15 is 0 Å². The van der Waals surface area contributed by atoms with Crippen molar-refractivity contribution < 1.29 is 19.1 Å². The summed E-state index contributed by atoms with van der Waals surface area (Å²) in [6, 6.07) is 7.89. The minimum Gasteiger partial charge on any atom is -0.448 e. The molecule has 2 aromatic rings. The van der Waals surface area contributed by atoms with Gasteiger partial charge < -0.3 is 24.7 Å². The summed E-state index contributed by atoms with van der Waals surface area (Å²) < 4.78 is 10.4. The van der Waals surface area contributed by atoms with Gasteiger partial charge in [0.15, 0.2) is 0 Å². The Kier molecular flexibility index (Phi) is 5.02. The molecule has 0 unspecified atom stereocenters. The maximum atomic E-state index is 12.6. The van der Waals surface area contributed by atoms with Gasteiger partial charge in [-0.15, -0.1) is 0 Å². The van der Waals surface area contributed by atoms with Gasteiger partial charge >= 0.3 is 6.09 Å². The normalized spacial score (nSPS) is 20.5. The van der Waals surface area contributed by atoms with Gasteiger partial charge in [-0.3, -0.25) is 9.69 Å². The van der Waals surface area contributed by atoms with Crippen LogP contribution in [0.2, 0.25) is 0 Å². The van der Waals surface area contributed by atoms with Crippen molar-refractivity contribution in [3.63, 3.8) is 0 Å². The van der Waals surface area contributed by atoms with E-state index < -0.39 is 0 Å². The molecule has 1 aromatic heterocycles. The summed E-state index contributed by atoms with van der Waals surface area (Å²) in [6.45, 7) is 5.72. The number of carbonyl (C=O) groups excluding carboxylic acids is 2. The molecule has 2 amide bonds. The third-order valence-electron chi connectivity index (χ3n) is 5.66. The fourth-order valence-corrected chi connectivity index (χ4v) is 4.07. The molecule has 156 valence electrons. The van der Waals surface area contributed by atoms with Crippen LogP contribution in [-0.4, -0.2) is 66.2 Å². The van der Waals surface area contributed by atoms with Gasteiger partial charge in [-0.05, 0) is 35.4 Å². The van der Waals surface area contributed by atoms with E-state index in [0.717, 1.165) is 60.9 Å². The van der Waals surface area contributed by atoms with E-state index in [1.165, 1.54) is 0 Å². The highest BCUT2D eigenvalue weighted by Gasteiger charge is 2.26. The van der Waals surface area contributed by atoms with Gasteiger partial charge in [0.1, 0.15) is 6.61 Å². The Bertz CT molecular complexity index is 1010. The number of rotatable bonds is 5. The van der Waals surface area contributed by atoms with Crippen molar-refractivity contribution in [2.24, 2.45) is 0 Å². The molecule has 8 nitrogen and oxygen atoms in total. The molecule has 2 N–H and O–H groups in total. The summed E-state index contributed by atoms with van der Waals surface area (Å²) in [5.41, 5.74) is 5.34. The maximum Gasteiger partial charge on any atom is 0.410 e. The Morgan fingerprint density at radius 3 is 2.70 bits per heavy atom. The molecule has 8 heteroatoms. The number of H-pyrrole nitrogens is 1. The molecule has 3 aliphatic rings. The van der Waals surface area contributed by atoms with Crippen molar-refractivity contribution in [1.29, 1.82) is 0 Å². The number of carbonyl (C=O) groups is 2. The molecule has 0 bridgehead atoms. The van der Waals surface area contributed by atoms with Crippen LogP contribution in [0.3, 0.4) is 0 Å². The van der Waals surface area contributed by atoms with Crippen molar-refractivity contribution in [2.45, 2.75) is 13.1 Å². The van der Waals surface area contributed by atoms with Crippen LogP contribution in [0.5, 0.6) is 0 Å². The van der Waals surface area contributed by atoms with Crippen molar-refractivity contribution in [1.82, 2.24) is 14.8 Å². The number of aromatic amines is 1. The van der Waals surface area contributed by atoms with Gasteiger partial charge in [0, 0.05) is 54.9 Å². The van der Waals surface area contributed by atoms with Gasteiger partial charge in [0.25, 0.3) is 5.91 Å². The van der Waals surface area contributed by atoms with Gasteiger partial charge in [-0.1, -0.05) is 6.07 Å². The second-order valence-electron chi connectivity index (χ2n) is 7.77. The van der Waals surface area contributed by atoms with Crippen LogP contribution in [0.15, 0.2) is 30.5 Å². The fourth-order valence-electron chi connectivity index (χ4n) is 4.07. The van der Waals surface area contributed by atoms with E-state index in [-0.39, 0.29) is 12.0 Å². The first kappa shape index (κ1) is 18.9. The second kappa shape index (κ2) is 7.97. The Hall–Kier alpha value is -3.10. The van der Waals surface area contributed by atoms with Gasteiger partial charge in [0.2, 0.25) is 0 Å². The first-order valence-electron chi connectivity index (χ1n) is 10.2. The molecule has 2 saturated heterocycles. The zero-order valence-electron chi connectivity index (χ0n) is 16.6. The van der Waals surface area contributed by atoms with Crippen LogP contribution in [0.1, 0.15) is 22.4 Å². The molecule has 0 radical (unpaired) electrons. The van der Waals surface area contributed by atoms with Crippen molar-refractivity contribution in [2.75, 3.05) is 44.8 Å². The fraction of sp³-hybridized carbons (Fsp3) is 0.364. The molecule has 5 rings (SSSR count). The van der Waals surface area contributed by atoms with Gasteiger partial charge in [0.05, 0.1) is 19.8 Å². The second-order valence-corrected chi connectivity index (χ2v) is 7.77. The largest absolute Gasteiger partial charge is 0.448 e. The first-order chi connectivity index (χ1) is 14.7. The zero-order chi connectivity index (χ0) is 20.5. The molecular weight excluding hydrogens is 384 g/mol. The average molecular weight is 408 g/mol. The van der Waals surface area contributed by atoms with Crippen LogP contribution in [0.4, 0.5) is 10.5 Å². The highest BCUT2D eigenvalue weighted by atomic mass is 16.6. The Balaban J connectivity index is 1.35. The summed E-state index contributed by atoms with van der Waals surface area (Å²) in [4.78, 5) is 31.6. The van der Waals surface area contributed by atoms with E-state index in [4.69, 9.17) is 9.47 Å². The van der Waals surface area contributed by atoms with Crippen LogP contribution in [0, 0.1) is 0 Å². The molecule has 4 heterocycles. The van der Waals surface area contributed by atoms with E-state index in [9.17, 15) is 9.59 Å². The zero-order valence-corrected chi connectivity index (χ0v) is 16.6. The number of cyclic esters (lactones) is 1. The molecular formula is C22H24N4O4. The molecule has 30 heavy (non-hydrogen) atoms. The van der Waals surface area contributed by atoms with E-state index in [1.54, 1.807) is 4.90 Å². The number of anilines is 1. The lowest BCUT2D eigenvalue weighted by molar-refractivity contribution is -0.110. The quantitative estimate of drug-likeness (QED) is 0.742. The number of fused-ring (bicyclic) bond motifs is 1. The van der Waals surface area contributed by atoms with Gasteiger partial charge in [-0.25, -0.2) is 4.79 Å². The van der Waals surface area contributed by atoms with Crippen molar-refractivity contribution in [3.8, 4) is 0 Å². The molecule has 1 aromatic carbocycles. The Labute approximate surface area is 174 Å². The van der Waals surface area contributed by atoms with E-state index in [2.05, 4.69) is 21.3 Å². The van der Waals surface area contributed by atoms with E-state index in [1.807, 2.05) is 30.5 Å². The molecule has 3 aliphatic heterocycles. The number of nitrogens with zero attached hydrogens (tertiary/aromatic N) is 2. The molecule has 0 atom stereocenters. The highest BCUT2D eigenvalue weighted by molar-refractivity contribution is 6.34. The standard InChI is InChI=1S/C22H24N4O4/c27-21-19(11-16-9-17(23-12-16)14-25-3-6-29-7-4-25)18-10-15(1-2-20(18)24-21)13-26-5-8-30-22(26)28/h1-2,9-12,23H,3-8,13-14H2,(H,24,27)/b19-11-. The minimum absolute atomic E-state index is 0.112. The molecule has 2 fully saturated rings. The minimum atomic E-state index is -0.291. The number of morpholine rings is 1. The number of hydrogen-bond acceptors (Lipinski definition) is 5. The van der Waals surface area contributed by atoms with Crippen LogP contribution < -0.4 is 5.32 Å². The monoisotopic (exact) mass is 408 g/mol. The molecule has 0 aliphatic carbocycles. The molecule has 0 saturated carbocycles. The van der Waals surface area contributed by atoms with Crippen molar-refractivity contribution in [3.05, 3.63) is 52.8 Å². The first-order valence-corrected chi connectivity index (χ1v) is 10.2. The van der Waals surface area contributed by atoms with Crippen LogP contribution >= 0.6 is 0 Å². The summed E-state index contributed by atoms with van der Waals surface area (Å²) in [5, 5.41) is 2.93. The highest BCUT2D eigenvalue weighted by Crippen LogP contribution is 2.34. The number of nitrogens with one attached hydrogen (secondary N) is 2. The predicted octanol–water partition coefficient (Wildman–Crippen LogP) is 2.29. The summed E-state index contributed by atoms with van der Waals surface area (Å²) in [7, 11) is 0. The summed E-state index contributed by atoms with van der Waals surface area (Å²) >= 11 is 0. The lowest BCUT2D eigenvalue weighted by Gasteiger charge is -2.25. The number of benzene rings is 1.